The van der Waals surface area contributed by atoms with Crippen molar-refractivity contribution in [2.45, 2.75) is 26.9 Å². The van der Waals surface area contributed by atoms with Gasteiger partial charge in [0, 0.05) is 5.69 Å². The van der Waals surface area contributed by atoms with Crippen LogP contribution in [0.15, 0.2) is 70.8 Å². The Morgan fingerprint density at radius 1 is 1.05 bits per heavy atom. The summed E-state index contributed by atoms with van der Waals surface area (Å²) in [4.78, 5) is 50.3. The number of amides is 4. The fourth-order valence-corrected chi connectivity index (χ4v) is 4.76. The number of rotatable bonds is 11. The molecule has 3 aromatic carbocycles. The number of hydrogen-bond acceptors (Lipinski definition) is 6. The molecule has 1 heterocycles. The molecule has 1 fully saturated rings. The Balaban J connectivity index is 1.49. The highest BCUT2D eigenvalue weighted by atomic mass is 79.9. The predicted molar refractivity (Wildman–Crippen MR) is 156 cm³/mol. The van der Waals surface area contributed by atoms with Crippen molar-refractivity contribution < 1.29 is 33.8 Å². The van der Waals surface area contributed by atoms with E-state index in [4.69, 9.17) is 9.47 Å². The molecule has 212 valence electrons. The van der Waals surface area contributed by atoms with Crippen LogP contribution in [0, 0.1) is 0 Å². The normalized spacial score (nSPS) is 13.7. The predicted octanol–water partition coefficient (Wildman–Crippen LogP) is 5.22. The van der Waals surface area contributed by atoms with Gasteiger partial charge in [-0.05, 0) is 82.4 Å². The molecule has 41 heavy (non-hydrogen) atoms. The maximum atomic E-state index is 13.0. The number of ether oxygens (including phenoxy) is 2. The van der Waals surface area contributed by atoms with Crippen LogP contribution >= 0.6 is 15.9 Å². The molecule has 3 aromatic rings. The van der Waals surface area contributed by atoms with Gasteiger partial charge in [0.05, 0.1) is 16.6 Å². The van der Waals surface area contributed by atoms with Gasteiger partial charge in [0.2, 0.25) is 5.91 Å². The number of anilines is 1. The lowest BCUT2D eigenvalue weighted by Crippen LogP contribution is -2.38. The number of carbonyl (C=O) groups is 4. The Hall–Kier alpha value is -4.64. The van der Waals surface area contributed by atoms with E-state index >= 15 is 0 Å². The average molecular weight is 622 g/mol. The fraction of sp³-hybridized carbons (Fsp3) is 0.200. The van der Waals surface area contributed by atoms with Crippen molar-refractivity contribution in [1.29, 1.82) is 0 Å². The van der Waals surface area contributed by atoms with Crippen LogP contribution in [-0.4, -0.2) is 47.0 Å². The molecule has 4 rings (SSSR count). The summed E-state index contributed by atoms with van der Waals surface area (Å²) in [6.07, 6.45) is 2.20. The minimum absolute atomic E-state index is 0.00487. The third-order valence-corrected chi connectivity index (χ3v) is 6.73. The summed E-state index contributed by atoms with van der Waals surface area (Å²) in [5.74, 6) is -1.39. The molecule has 0 bridgehead atoms. The van der Waals surface area contributed by atoms with Gasteiger partial charge in [0.15, 0.2) is 11.5 Å². The van der Waals surface area contributed by atoms with Crippen molar-refractivity contribution in [2.24, 2.45) is 0 Å². The van der Waals surface area contributed by atoms with Crippen molar-refractivity contribution in [2.75, 3.05) is 18.5 Å². The molecule has 10 nitrogen and oxygen atoms in total. The number of benzene rings is 3. The molecule has 0 saturated carbocycles. The fourth-order valence-electron chi connectivity index (χ4n) is 4.19. The van der Waals surface area contributed by atoms with Gasteiger partial charge in [0.25, 0.3) is 5.91 Å². The first-order valence-corrected chi connectivity index (χ1v) is 13.6. The number of carbonyl (C=O) groups excluding carboxylic acids is 3. The largest absolute Gasteiger partial charge is 0.490 e. The van der Waals surface area contributed by atoms with E-state index in [1.165, 1.54) is 18.2 Å². The number of hydrogen-bond donors (Lipinski definition) is 3. The van der Waals surface area contributed by atoms with Gasteiger partial charge in [-0.2, -0.15) is 0 Å². The molecule has 0 unspecified atom stereocenters. The molecular formula is C30H28BrN3O7. The number of nitrogens with one attached hydrogen (secondary N) is 2. The number of para-hydroxylation sites is 1. The zero-order valence-electron chi connectivity index (χ0n) is 22.4. The quantitative estimate of drug-likeness (QED) is 0.197. The van der Waals surface area contributed by atoms with Crippen molar-refractivity contribution in [3.05, 3.63) is 93.1 Å². The topological polar surface area (TPSA) is 134 Å². The minimum atomic E-state index is -1.03. The molecule has 0 spiro atoms. The average Bonchev–Trinajstić information content (AvgIpc) is 3.20. The maximum absolute atomic E-state index is 13.0. The second-order valence-corrected chi connectivity index (χ2v) is 9.85. The third-order valence-electron chi connectivity index (χ3n) is 6.14. The molecule has 11 heteroatoms. The van der Waals surface area contributed by atoms with E-state index in [0.717, 1.165) is 10.5 Å². The zero-order chi connectivity index (χ0) is 29.5. The Morgan fingerprint density at radius 3 is 2.56 bits per heavy atom. The van der Waals surface area contributed by atoms with Crippen molar-refractivity contribution >= 4 is 51.5 Å². The Kier molecular flexibility index (Phi) is 9.41. The highest BCUT2D eigenvalue weighted by Gasteiger charge is 2.35. The van der Waals surface area contributed by atoms with Crippen LogP contribution in [0.3, 0.4) is 0 Å². The SMILES string of the molecule is CCOc1cc(/C=C2/NC(=O)N(CC(=O)Nc3ccccc3CC)C2=O)cc(Br)c1OCc1cccc(C(=O)O)c1. The van der Waals surface area contributed by atoms with Gasteiger partial charge in [-0.1, -0.05) is 37.3 Å². The van der Waals surface area contributed by atoms with Gasteiger partial charge < -0.3 is 25.2 Å². The lowest BCUT2D eigenvalue weighted by molar-refractivity contribution is -0.127. The molecule has 0 atom stereocenters. The summed E-state index contributed by atoms with van der Waals surface area (Å²) in [7, 11) is 0. The summed E-state index contributed by atoms with van der Waals surface area (Å²) < 4.78 is 12.2. The number of carboxylic acids is 1. The van der Waals surface area contributed by atoms with Crippen molar-refractivity contribution in [3.8, 4) is 11.5 Å². The molecule has 1 aliphatic heterocycles. The number of imide groups is 1. The van der Waals surface area contributed by atoms with Crippen LogP contribution in [0.2, 0.25) is 0 Å². The monoisotopic (exact) mass is 621 g/mol. The van der Waals surface area contributed by atoms with Crippen LogP contribution in [-0.2, 0) is 22.6 Å². The number of halogens is 1. The van der Waals surface area contributed by atoms with Crippen LogP contribution < -0.4 is 20.1 Å². The summed E-state index contributed by atoms with van der Waals surface area (Å²) in [5.41, 5.74) is 2.92. The van der Waals surface area contributed by atoms with E-state index in [1.807, 2.05) is 26.0 Å². The van der Waals surface area contributed by atoms with Crippen LogP contribution in [0.1, 0.15) is 40.9 Å². The number of carboxylic acid groups (broad SMARTS) is 1. The smallest absolute Gasteiger partial charge is 0.335 e. The van der Waals surface area contributed by atoms with Crippen molar-refractivity contribution in [3.63, 3.8) is 0 Å². The standard InChI is InChI=1S/C30H28BrN3O7/c1-3-20-9-5-6-11-23(20)32-26(35)16-34-28(36)24(33-30(34)39)14-19-13-22(31)27(25(15-19)40-4-2)41-17-18-8-7-10-21(12-18)29(37)38/h5-15H,3-4,16-17H2,1-2H3,(H,32,35)(H,33,39)(H,37,38)/b24-14+. The first kappa shape index (κ1) is 29.3. The van der Waals surface area contributed by atoms with Crippen molar-refractivity contribution in [1.82, 2.24) is 10.2 Å². The van der Waals surface area contributed by atoms with E-state index in [0.29, 0.717) is 45.8 Å². The Labute approximate surface area is 245 Å². The van der Waals surface area contributed by atoms with Gasteiger partial charge in [0.1, 0.15) is 18.8 Å². The van der Waals surface area contributed by atoms with Gasteiger partial charge in [-0.15, -0.1) is 0 Å². The molecule has 0 radical (unpaired) electrons. The van der Waals surface area contributed by atoms with Crippen LogP contribution in [0.5, 0.6) is 11.5 Å². The molecule has 4 amide bonds. The van der Waals surface area contributed by atoms with E-state index in [9.17, 15) is 24.3 Å². The van der Waals surface area contributed by atoms with E-state index < -0.39 is 30.4 Å². The summed E-state index contributed by atoms with van der Waals surface area (Å²) in [6, 6.07) is 16.4. The van der Waals surface area contributed by atoms with Crippen LogP contribution in [0.25, 0.3) is 6.08 Å². The molecule has 0 aromatic heterocycles. The van der Waals surface area contributed by atoms with Gasteiger partial charge >= 0.3 is 12.0 Å². The van der Waals surface area contributed by atoms with E-state index in [-0.39, 0.29) is 17.9 Å². The number of nitrogens with zero attached hydrogens (tertiary/aromatic N) is 1. The lowest BCUT2D eigenvalue weighted by Gasteiger charge is -2.15. The number of urea groups is 1. The summed E-state index contributed by atoms with van der Waals surface area (Å²) >= 11 is 3.48. The second kappa shape index (κ2) is 13.1. The Morgan fingerprint density at radius 2 is 1.83 bits per heavy atom. The number of aromatic carboxylic acids is 1. The summed E-state index contributed by atoms with van der Waals surface area (Å²) in [5, 5.41) is 14.5. The molecule has 3 N–H and O–H groups in total. The highest BCUT2D eigenvalue weighted by Crippen LogP contribution is 2.38. The van der Waals surface area contributed by atoms with Gasteiger partial charge in [-0.3, -0.25) is 9.59 Å². The first-order chi connectivity index (χ1) is 19.7. The lowest BCUT2D eigenvalue weighted by atomic mass is 10.1. The number of aryl methyl sites for hydroxylation is 1. The maximum Gasteiger partial charge on any atom is 0.335 e. The Bertz CT molecular complexity index is 1540. The molecule has 0 aliphatic carbocycles. The zero-order valence-corrected chi connectivity index (χ0v) is 24.0. The van der Waals surface area contributed by atoms with Crippen LogP contribution in [0.4, 0.5) is 10.5 Å². The molecule has 1 aliphatic rings. The second-order valence-electron chi connectivity index (χ2n) is 9.00. The third kappa shape index (κ3) is 7.12. The molecular weight excluding hydrogens is 594 g/mol. The summed E-state index contributed by atoms with van der Waals surface area (Å²) in [6.45, 7) is 3.75. The highest BCUT2D eigenvalue weighted by molar-refractivity contribution is 9.10. The first-order valence-electron chi connectivity index (χ1n) is 12.8. The van der Waals surface area contributed by atoms with Gasteiger partial charge in [-0.25, -0.2) is 14.5 Å². The van der Waals surface area contributed by atoms with E-state index in [2.05, 4.69) is 26.6 Å². The van der Waals surface area contributed by atoms with E-state index in [1.54, 1.807) is 36.4 Å². The molecule has 1 saturated heterocycles. The minimum Gasteiger partial charge on any atom is -0.490 e.